The van der Waals surface area contributed by atoms with E-state index in [1.165, 1.54) is 6.92 Å². The first kappa shape index (κ1) is 7.30. The normalized spacial score (nSPS) is 24.4. The second kappa shape index (κ2) is 2.85. The van der Waals surface area contributed by atoms with Gasteiger partial charge in [0.1, 0.15) is 0 Å². The Hall–Kier alpha value is -0.810. The van der Waals surface area contributed by atoms with Crippen LogP contribution < -0.4 is 0 Å². The van der Waals surface area contributed by atoms with Gasteiger partial charge in [0.2, 0.25) is 5.78 Å². The van der Waals surface area contributed by atoms with Gasteiger partial charge in [0, 0.05) is 13.5 Å². The quantitative estimate of drug-likeness (QED) is 0.353. The molecule has 1 aliphatic rings. The highest BCUT2D eigenvalue weighted by Gasteiger charge is 2.21. The first-order valence-corrected chi connectivity index (χ1v) is 3.42. The van der Waals surface area contributed by atoms with E-state index in [2.05, 4.69) is 16.7 Å². The Morgan fingerprint density at radius 3 is 2.70 bits per heavy atom. The van der Waals surface area contributed by atoms with Gasteiger partial charge >= 0.3 is 0 Å². The smallest absolute Gasteiger partial charge is 0.202 e. The van der Waals surface area contributed by atoms with E-state index in [0.29, 0.717) is 6.04 Å². The maximum atomic E-state index is 10.4. The SMILES string of the molecule is CC(=O)C#CC1CCN1C. The molecule has 1 unspecified atom stereocenters. The molecular weight excluding hydrogens is 126 g/mol. The van der Waals surface area contributed by atoms with E-state index in [1.54, 1.807) is 0 Å². The zero-order valence-electron chi connectivity index (χ0n) is 6.35. The first-order valence-electron chi connectivity index (χ1n) is 3.42. The van der Waals surface area contributed by atoms with Crippen molar-refractivity contribution in [2.75, 3.05) is 13.6 Å². The number of ketones is 1. The van der Waals surface area contributed by atoms with E-state index < -0.39 is 0 Å². The molecule has 1 aliphatic heterocycles. The third-order valence-electron chi connectivity index (χ3n) is 1.70. The van der Waals surface area contributed by atoms with Gasteiger partial charge in [0.25, 0.3) is 0 Å². The largest absolute Gasteiger partial charge is 0.293 e. The second-order valence-corrected chi connectivity index (χ2v) is 2.61. The number of carbonyl (C=O) groups is 1. The molecule has 0 aliphatic carbocycles. The molecule has 0 saturated carbocycles. The van der Waals surface area contributed by atoms with Gasteiger partial charge in [-0.2, -0.15) is 0 Å². The number of hydrogen-bond donors (Lipinski definition) is 0. The van der Waals surface area contributed by atoms with Crippen molar-refractivity contribution in [3.8, 4) is 11.8 Å². The fraction of sp³-hybridized carbons (Fsp3) is 0.625. The fourth-order valence-corrected chi connectivity index (χ4v) is 0.884. The molecular formula is C8H11NO. The number of nitrogens with zero attached hydrogens (tertiary/aromatic N) is 1. The molecule has 0 aromatic heterocycles. The highest BCUT2D eigenvalue weighted by molar-refractivity contribution is 5.93. The van der Waals surface area contributed by atoms with Crippen molar-refractivity contribution < 1.29 is 4.79 Å². The van der Waals surface area contributed by atoms with Crippen molar-refractivity contribution in [3.63, 3.8) is 0 Å². The third-order valence-corrected chi connectivity index (χ3v) is 1.70. The molecule has 2 nitrogen and oxygen atoms in total. The fourth-order valence-electron chi connectivity index (χ4n) is 0.884. The van der Waals surface area contributed by atoms with E-state index in [1.807, 2.05) is 7.05 Å². The van der Waals surface area contributed by atoms with Crippen LogP contribution in [0.25, 0.3) is 0 Å². The highest BCUT2D eigenvalue weighted by Crippen LogP contribution is 2.11. The summed E-state index contributed by atoms with van der Waals surface area (Å²) >= 11 is 0. The molecule has 1 saturated heterocycles. The van der Waals surface area contributed by atoms with E-state index in [9.17, 15) is 4.79 Å². The van der Waals surface area contributed by atoms with Crippen LogP contribution in [0.1, 0.15) is 13.3 Å². The lowest BCUT2D eigenvalue weighted by molar-refractivity contribution is -0.111. The Kier molecular flexibility index (Phi) is 2.08. The lowest BCUT2D eigenvalue weighted by Gasteiger charge is -2.33. The molecule has 2 heteroatoms. The van der Waals surface area contributed by atoms with Crippen LogP contribution in [-0.2, 0) is 4.79 Å². The lowest BCUT2D eigenvalue weighted by Crippen LogP contribution is -2.43. The van der Waals surface area contributed by atoms with E-state index in [0.717, 1.165) is 13.0 Å². The number of hydrogen-bond acceptors (Lipinski definition) is 2. The molecule has 0 aromatic rings. The van der Waals surface area contributed by atoms with Crippen LogP contribution in [0.3, 0.4) is 0 Å². The van der Waals surface area contributed by atoms with E-state index >= 15 is 0 Å². The van der Waals surface area contributed by atoms with Crippen LogP contribution in [0.4, 0.5) is 0 Å². The van der Waals surface area contributed by atoms with Crippen molar-refractivity contribution in [1.29, 1.82) is 0 Å². The van der Waals surface area contributed by atoms with Gasteiger partial charge in [-0.05, 0) is 19.4 Å². The summed E-state index contributed by atoms with van der Waals surface area (Å²) in [5.41, 5.74) is 0. The molecule has 0 bridgehead atoms. The van der Waals surface area contributed by atoms with Crippen LogP contribution in [0.5, 0.6) is 0 Å². The summed E-state index contributed by atoms with van der Waals surface area (Å²) in [5.74, 6) is 5.40. The van der Waals surface area contributed by atoms with Crippen LogP contribution >= 0.6 is 0 Å². The second-order valence-electron chi connectivity index (χ2n) is 2.61. The summed E-state index contributed by atoms with van der Waals surface area (Å²) < 4.78 is 0. The average molecular weight is 137 g/mol. The maximum absolute atomic E-state index is 10.4. The van der Waals surface area contributed by atoms with Gasteiger partial charge in [0.15, 0.2) is 0 Å². The van der Waals surface area contributed by atoms with Gasteiger partial charge in [-0.25, -0.2) is 0 Å². The minimum atomic E-state index is -0.0414. The molecule has 0 radical (unpaired) electrons. The van der Waals surface area contributed by atoms with Crippen LogP contribution in [0.15, 0.2) is 0 Å². The van der Waals surface area contributed by atoms with Crippen LogP contribution in [0, 0.1) is 11.8 Å². The molecule has 0 aromatic carbocycles. The summed E-state index contributed by atoms with van der Waals surface area (Å²) in [6.45, 7) is 2.60. The predicted molar refractivity (Wildman–Crippen MR) is 39.5 cm³/mol. The van der Waals surface area contributed by atoms with Crippen molar-refractivity contribution in [2.24, 2.45) is 0 Å². The Balaban J connectivity index is 2.40. The molecule has 0 N–H and O–H groups in total. The van der Waals surface area contributed by atoms with Crippen LogP contribution in [0.2, 0.25) is 0 Å². The molecule has 0 spiro atoms. The topological polar surface area (TPSA) is 20.3 Å². The minimum Gasteiger partial charge on any atom is -0.293 e. The average Bonchev–Trinajstić information content (AvgIpc) is 1.84. The van der Waals surface area contributed by atoms with E-state index in [4.69, 9.17) is 0 Å². The van der Waals surface area contributed by atoms with Crippen molar-refractivity contribution in [3.05, 3.63) is 0 Å². The van der Waals surface area contributed by atoms with Gasteiger partial charge in [-0.1, -0.05) is 5.92 Å². The lowest BCUT2D eigenvalue weighted by atomic mass is 10.1. The van der Waals surface area contributed by atoms with Crippen molar-refractivity contribution in [1.82, 2.24) is 4.90 Å². The Morgan fingerprint density at radius 2 is 2.40 bits per heavy atom. The zero-order chi connectivity index (χ0) is 7.56. The molecule has 0 amide bonds. The first-order chi connectivity index (χ1) is 4.70. The van der Waals surface area contributed by atoms with Crippen LogP contribution in [-0.4, -0.2) is 30.3 Å². The van der Waals surface area contributed by atoms with Gasteiger partial charge in [0.05, 0.1) is 6.04 Å². The Labute approximate surface area is 61.2 Å². The molecule has 1 heterocycles. The minimum absolute atomic E-state index is 0.0414. The Bertz CT molecular complexity index is 199. The predicted octanol–water partition coefficient (Wildman–Crippen LogP) is 0.283. The monoisotopic (exact) mass is 137 g/mol. The summed E-state index contributed by atoms with van der Waals surface area (Å²) in [5, 5.41) is 0. The molecule has 1 fully saturated rings. The number of rotatable bonds is 0. The zero-order valence-corrected chi connectivity index (χ0v) is 6.35. The summed E-state index contributed by atoms with van der Waals surface area (Å²) in [6.07, 6.45) is 1.11. The molecule has 1 rings (SSSR count). The Morgan fingerprint density at radius 1 is 1.70 bits per heavy atom. The molecule has 54 valence electrons. The van der Waals surface area contributed by atoms with Gasteiger partial charge in [-0.3, -0.25) is 9.69 Å². The molecule has 10 heavy (non-hydrogen) atoms. The maximum Gasteiger partial charge on any atom is 0.202 e. The van der Waals surface area contributed by atoms with E-state index in [-0.39, 0.29) is 5.78 Å². The van der Waals surface area contributed by atoms with Crippen molar-refractivity contribution >= 4 is 5.78 Å². The standard InChI is InChI=1S/C8H11NO/c1-7(10)3-4-8-5-6-9(8)2/h8H,5-6H2,1-2H3. The van der Waals surface area contributed by atoms with Gasteiger partial charge < -0.3 is 0 Å². The van der Waals surface area contributed by atoms with Gasteiger partial charge in [-0.15, -0.1) is 0 Å². The van der Waals surface area contributed by atoms with Crippen molar-refractivity contribution in [2.45, 2.75) is 19.4 Å². The summed E-state index contributed by atoms with van der Waals surface area (Å²) in [6, 6.07) is 0.337. The number of carbonyl (C=O) groups excluding carboxylic acids is 1. The molecule has 1 atom stereocenters. The summed E-state index contributed by atoms with van der Waals surface area (Å²) in [7, 11) is 2.02. The third kappa shape index (κ3) is 1.58. The number of Topliss-reactive ketones (excluding diaryl/α,β-unsaturated/α-hetero) is 1. The summed E-state index contributed by atoms with van der Waals surface area (Å²) in [4.78, 5) is 12.5. The number of likely N-dealkylation sites (tertiary alicyclic amines) is 1. The highest BCUT2D eigenvalue weighted by atomic mass is 16.1.